The number of rotatable bonds is 8. The lowest BCUT2D eigenvalue weighted by Crippen LogP contribution is -2.14. The van der Waals surface area contributed by atoms with E-state index in [2.05, 4.69) is 218 Å². The fourth-order valence-electron chi connectivity index (χ4n) is 11.6. The van der Waals surface area contributed by atoms with Crippen molar-refractivity contribution >= 4 is 77.6 Å². The molecule has 1 aromatic heterocycles. The van der Waals surface area contributed by atoms with Crippen LogP contribution in [0.5, 0.6) is 0 Å². The molecule has 0 N–H and O–H groups in total. The van der Waals surface area contributed by atoms with Crippen molar-refractivity contribution in [3.05, 3.63) is 228 Å². The van der Waals surface area contributed by atoms with Crippen LogP contribution in [0.4, 0.5) is 34.1 Å². The summed E-state index contributed by atoms with van der Waals surface area (Å²) in [6, 6.07) is 72.6. The second kappa shape index (κ2) is 17.0. The van der Waals surface area contributed by atoms with Gasteiger partial charge in [0.15, 0.2) is 0 Å². The fraction of sp³-hybridized carbons (Fsp3) is 0.152. The Morgan fingerprint density at radius 2 is 0.754 bits per heavy atom. The quantitative estimate of drug-likeness (QED) is 0.152. The van der Waals surface area contributed by atoms with E-state index in [4.69, 9.17) is 4.42 Å². The maximum Gasteiger partial charge on any atom is 0.136 e. The summed E-state index contributed by atoms with van der Waals surface area (Å²) in [6.45, 7) is 4.33. The lowest BCUT2D eigenvalue weighted by Gasteiger charge is -2.31. The van der Waals surface area contributed by atoms with Crippen molar-refractivity contribution < 1.29 is 4.42 Å². The maximum atomic E-state index is 6.89. The Morgan fingerprint density at radius 3 is 1.19 bits per heavy atom. The van der Waals surface area contributed by atoms with Gasteiger partial charge in [0.25, 0.3) is 0 Å². The number of furan rings is 1. The first-order valence-electron chi connectivity index (χ1n) is 25.0. The Hall–Kier alpha value is -7.88. The van der Waals surface area contributed by atoms with Crippen LogP contribution in [0, 0.1) is 13.8 Å². The van der Waals surface area contributed by atoms with Gasteiger partial charge in [-0.2, -0.15) is 0 Å². The topological polar surface area (TPSA) is 19.6 Å². The van der Waals surface area contributed by atoms with Gasteiger partial charge in [0.2, 0.25) is 0 Å². The molecule has 10 aromatic carbocycles. The van der Waals surface area contributed by atoms with Crippen LogP contribution in [0.1, 0.15) is 59.1 Å². The van der Waals surface area contributed by atoms with Crippen molar-refractivity contribution in [2.24, 2.45) is 0 Å². The molecule has 3 nitrogen and oxygen atoms in total. The molecule has 0 bridgehead atoms. The second-order valence-electron chi connectivity index (χ2n) is 19.5. The number of fused-ring (bicyclic) bond motifs is 7. The number of hydrogen-bond acceptors (Lipinski definition) is 3. The molecule has 3 heteroatoms. The van der Waals surface area contributed by atoms with Crippen LogP contribution in [0.25, 0.3) is 65.7 Å². The minimum atomic E-state index is 0.897. The summed E-state index contributed by atoms with van der Waals surface area (Å²) in [4.78, 5) is 4.94. The molecule has 69 heavy (non-hydrogen) atoms. The van der Waals surface area contributed by atoms with E-state index in [1.54, 1.807) is 0 Å². The Morgan fingerprint density at radius 1 is 0.348 bits per heavy atom. The second-order valence-corrected chi connectivity index (χ2v) is 19.5. The molecule has 0 saturated heterocycles. The molecule has 0 aliphatic heterocycles. The number of nitrogens with zero attached hydrogens (tertiary/aromatic N) is 2. The number of benzene rings is 10. The van der Waals surface area contributed by atoms with Crippen molar-refractivity contribution in [2.75, 3.05) is 9.80 Å². The highest BCUT2D eigenvalue weighted by atomic mass is 16.3. The first kappa shape index (κ1) is 41.3. The van der Waals surface area contributed by atoms with Crippen LogP contribution in [-0.2, 0) is 25.7 Å². The van der Waals surface area contributed by atoms with Crippen LogP contribution in [0.2, 0.25) is 0 Å². The van der Waals surface area contributed by atoms with Crippen LogP contribution in [0.15, 0.2) is 199 Å². The van der Waals surface area contributed by atoms with Gasteiger partial charge in [-0.1, -0.05) is 120 Å². The van der Waals surface area contributed by atoms with Gasteiger partial charge in [-0.25, -0.2) is 0 Å². The molecule has 1 heterocycles. The summed E-state index contributed by atoms with van der Waals surface area (Å²) in [7, 11) is 0. The molecule has 334 valence electrons. The summed E-state index contributed by atoms with van der Waals surface area (Å²) in [5.41, 5.74) is 22.4. The average Bonchev–Trinajstić information content (AvgIpc) is 3.74. The summed E-state index contributed by atoms with van der Waals surface area (Å²) in [5, 5.41) is 6.95. The Bertz CT molecular complexity index is 3490. The summed E-state index contributed by atoms with van der Waals surface area (Å²) >= 11 is 0. The van der Waals surface area contributed by atoms with Gasteiger partial charge in [-0.15, -0.1) is 0 Å². The minimum absolute atomic E-state index is 0.897. The van der Waals surface area contributed by atoms with E-state index in [-0.39, 0.29) is 0 Å². The Balaban J connectivity index is 0.940. The van der Waals surface area contributed by atoms with Gasteiger partial charge < -0.3 is 14.2 Å². The van der Waals surface area contributed by atoms with Crippen LogP contribution >= 0.6 is 0 Å². The zero-order chi connectivity index (χ0) is 46.0. The highest BCUT2D eigenvalue weighted by molar-refractivity contribution is 6.14. The maximum absolute atomic E-state index is 6.89. The first-order chi connectivity index (χ1) is 34.0. The third-order valence-electron chi connectivity index (χ3n) is 15.1. The van der Waals surface area contributed by atoms with E-state index >= 15 is 0 Å². The van der Waals surface area contributed by atoms with Crippen LogP contribution < -0.4 is 9.80 Å². The monoisotopic (exact) mass is 890 g/mol. The molecule has 0 saturated carbocycles. The van der Waals surface area contributed by atoms with E-state index in [0.717, 1.165) is 81.1 Å². The summed E-state index contributed by atoms with van der Waals surface area (Å²) in [6.07, 6.45) is 9.41. The molecular weight excluding hydrogens is 837 g/mol. The van der Waals surface area contributed by atoms with Crippen molar-refractivity contribution in [3.8, 4) is 22.3 Å². The molecule has 13 rings (SSSR count). The van der Waals surface area contributed by atoms with Crippen molar-refractivity contribution in [3.63, 3.8) is 0 Å². The SMILES string of the molecule is Cc1ccc(N(c2ccc3cc4c(cc3c2)oc2cc3cc(N(c5ccc(C)cc5)c5ccc6c(c5-c5ccccc5)CCCC6)ccc3cc24)c2ccc3c(c2-c2ccccc2)CCCC3)cc1. The molecule has 0 unspecified atom stereocenters. The molecule has 2 aliphatic rings. The predicted octanol–water partition coefficient (Wildman–Crippen LogP) is 18.5. The Labute approximate surface area is 404 Å². The number of hydrogen-bond donors (Lipinski definition) is 0. The zero-order valence-corrected chi connectivity index (χ0v) is 39.4. The molecule has 11 aromatic rings. The summed E-state index contributed by atoms with van der Waals surface area (Å²) in [5.74, 6) is 0. The van der Waals surface area contributed by atoms with E-state index in [1.807, 2.05) is 0 Å². The Kier molecular flexibility index (Phi) is 10.2. The predicted molar refractivity (Wildman–Crippen MR) is 292 cm³/mol. The highest BCUT2D eigenvalue weighted by Gasteiger charge is 2.26. The third-order valence-corrected chi connectivity index (χ3v) is 15.1. The van der Waals surface area contributed by atoms with E-state index < -0.39 is 0 Å². The zero-order valence-electron chi connectivity index (χ0n) is 39.4. The normalized spacial score (nSPS) is 13.5. The molecule has 0 radical (unpaired) electrons. The van der Waals surface area contributed by atoms with Gasteiger partial charge in [0, 0.05) is 44.6 Å². The van der Waals surface area contributed by atoms with Crippen LogP contribution in [0.3, 0.4) is 0 Å². The summed E-state index contributed by atoms with van der Waals surface area (Å²) < 4.78 is 6.89. The number of anilines is 6. The van der Waals surface area contributed by atoms with Crippen molar-refractivity contribution in [2.45, 2.75) is 65.2 Å². The smallest absolute Gasteiger partial charge is 0.136 e. The molecule has 2 aliphatic carbocycles. The molecule has 0 atom stereocenters. The fourth-order valence-corrected chi connectivity index (χ4v) is 11.6. The van der Waals surface area contributed by atoms with Gasteiger partial charge in [0.1, 0.15) is 11.2 Å². The third kappa shape index (κ3) is 7.36. The van der Waals surface area contributed by atoms with Crippen molar-refractivity contribution in [1.29, 1.82) is 0 Å². The van der Waals surface area contributed by atoms with Crippen LogP contribution in [-0.4, -0.2) is 0 Å². The standard InChI is InChI=1S/C66H54N2O/c1-43-21-29-53(30-22-43)67(61-35-27-45-13-9-11-19-57(45)65(61)47-15-5-3-6-16-47)55-33-25-49-39-59-60-40-50-26-34-56(38-52(50)42-64(60)69-63(59)41-51(49)37-55)68(54-31-23-44(2)24-32-54)62-36-28-46-14-10-12-20-58(46)66(62)48-17-7-4-8-18-48/h3-8,15-18,21-42H,9-14,19-20H2,1-2H3. The molecule has 0 fully saturated rings. The van der Waals surface area contributed by atoms with Gasteiger partial charge in [-0.3, -0.25) is 0 Å². The molecule has 0 amide bonds. The first-order valence-corrected chi connectivity index (χ1v) is 25.0. The van der Waals surface area contributed by atoms with Gasteiger partial charge >= 0.3 is 0 Å². The average molecular weight is 891 g/mol. The molecular formula is C66H54N2O. The molecule has 0 spiro atoms. The van der Waals surface area contributed by atoms with Gasteiger partial charge in [-0.05, 0) is 205 Å². The van der Waals surface area contributed by atoms with Gasteiger partial charge in [0.05, 0.1) is 11.4 Å². The lowest BCUT2D eigenvalue weighted by molar-refractivity contribution is 0.670. The van der Waals surface area contributed by atoms with Crippen molar-refractivity contribution in [1.82, 2.24) is 0 Å². The van der Waals surface area contributed by atoms with E-state index in [0.29, 0.717) is 0 Å². The number of aryl methyl sites for hydroxylation is 4. The van der Waals surface area contributed by atoms with E-state index in [9.17, 15) is 0 Å². The minimum Gasteiger partial charge on any atom is -0.456 e. The largest absolute Gasteiger partial charge is 0.456 e. The highest BCUT2D eigenvalue weighted by Crippen LogP contribution is 2.48. The lowest BCUT2D eigenvalue weighted by atomic mass is 9.84. The van der Waals surface area contributed by atoms with E-state index in [1.165, 1.54) is 103 Å².